The van der Waals surface area contributed by atoms with Crippen LogP contribution in [-0.2, 0) is 5.41 Å². The van der Waals surface area contributed by atoms with Gasteiger partial charge in [-0.3, -0.25) is 0 Å². The molecule has 0 unspecified atom stereocenters. The summed E-state index contributed by atoms with van der Waals surface area (Å²) in [4.78, 5) is 0. The van der Waals surface area contributed by atoms with Crippen molar-refractivity contribution in [1.82, 2.24) is 0 Å². The molecule has 0 heterocycles. The standard InChI is InChI=1S/C15H16BrN/c16-13-6-2-1-5-12(13)15(11-17)9-14(10-15)7-3-4-8-14/h1-2,5-6H,3-4,7-10H2. The minimum Gasteiger partial charge on any atom is -0.197 e. The molecule has 0 aliphatic heterocycles. The van der Waals surface area contributed by atoms with Crippen molar-refractivity contribution in [1.29, 1.82) is 5.26 Å². The average molecular weight is 290 g/mol. The minimum absolute atomic E-state index is 0.218. The van der Waals surface area contributed by atoms with Crippen molar-refractivity contribution < 1.29 is 0 Å². The van der Waals surface area contributed by atoms with Crippen molar-refractivity contribution in [2.75, 3.05) is 0 Å². The lowest BCUT2D eigenvalue weighted by molar-refractivity contribution is 0.0644. The Morgan fingerprint density at radius 3 is 2.35 bits per heavy atom. The van der Waals surface area contributed by atoms with Gasteiger partial charge in [0.1, 0.15) is 0 Å². The van der Waals surface area contributed by atoms with E-state index in [0.29, 0.717) is 5.41 Å². The van der Waals surface area contributed by atoms with E-state index in [-0.39, 0.29) is 5.41 Å². The molecule has 88 valence electrons. The lowest BCUT2D eigenvalue weighted by Gasteiger charge is -2.51. The van der Waals surface area contributed by atoms with Crippen LogP contribution in [0.25, 0.3) is 0 Å². The van der Waals surface area contributed by atoms with Gasteiger partial charge in [-0.05, 0) is 42.7 Å². The maximum atomic E-state index is 9.59. The fourth-order valence-corrected chi connectivity index (χ4v) is 4.55. The molecule has 0 amide bonds. The van der Waals surface area contributed by atoms with Crippen molar-refractivity contribution in [3.63, 3.8) is 0 Å². The van der Waals surface area contributed by atoms with E-state index >= 15 is 0 Å². The number of nitriles is 1. The van der Waals surface area contributed by atoms with E-state index in [9.17, 15) is 5.26 Å². The van der Waals surface area contributed by atoms with Gasteiger partial charge >= 0.3 is 0 Å². The molecule has 1 aromatic rings. The van der Waals surface area contributed by atoms with Gasteiger partial charge in [0.05, 0.1) is 11.5 Å². The Kier molecular flexibility index (Phi) is 2.56. The third kappa shape index (κ3) is 1.64. The minimum atomic E-state index is -0.218. The Hall–Kier alpha value is -0.810. The van der Waals surface area contributed by atoms with Crippen molar-refractivity contribution >= 4 is 15.9 Å². The predicted octanol–water partition coefficient (Wildman–Crippen LogP) is 4.56. The molecule has 2 aliphatic rings. The summed E-state index contributed by atoms with van der Waals surface area (Å²) >= 11 is 3.59. The van der Waals surface area contributed by atoms with Crippen LogP contribution in [0.1, 0.15) is 44.1 Å². The zero-order chi connectivity index (χ0) is 11.9. The molecule has 1 aromatic carbocycles. The predicted molar refractivity (Wildman–Crippen MR) is 71.6 cm³/mol. The second kappa shape index (κ2) is 3.85. The van der Waals surface area contributed by atoms with E-state index in [1.54, 1.807) is 0 Å². The number of benzene rings is 1. The molecule has 17 heavy (non-hydrogen) atoms. The summed E-state index contributed by atoms with van der Waals surface area (Å²) in [6, 6.07) is 10.8. The average Bonchev–Trinajstić information content (AvgIpc) is 2.76. The molecule has 0 radical (unpaired) electrons. The normalized spacial score (nSPS) is 24.2. The molecule has 2 fully saturated rings. The molecule has 1 spiro atoms. The van der Waals surface area contributed by atoms with Crippen molar-refractivity contribution in [3.05, 3.63) is 34.3 Å². The summed E-state index contributed by atoms with van der Waals surface area (Å²) in [6.07, 6.45) is 7.52. The van der Waals surface area contributed by atoms with Crippen LogP contribution >= 0.6 is 15.9 Å². The second-order valence-electron chi connectivity index (χ2n) is 5.73. The van der Waals surface area contributed by atoms with E-state index in [4.69, 9.17) is 0 Å². The second-order valence-corrected chi connectivity index (χ2v) is 6.59. The Bertz CT molecular complexity index is 472. The van der Waals surface area contributed by atoms with Crippen LogP contribution < -0.4 is 0 Å². The number of hydrogen-bond acceptors (Lipinski definition) is 1. The summed E-state index contributed by atoms with van der Waals surface area (Å²) in [5.74, 6) is 0. The summed E-state index contributed by atoms with van der Waals surface area (Å²) in [6.45, 7) is 0. The molecular formula is C15H16BrN. The van der Waals surface area contributed by atoms with Crippen LogP contribution in [-0.4, -0.2) is 0 Å². The first-order valence-electron chi connectivity index (χ1n) is 6.36. The van der Waals surface area contributed by atoms with Gasteiger partial charge < -0.3 is 0 Å². The summed E-state index contributed by atoms with van der Waals surface area (Å²) in [5.41, 5.74) is 1.48. The maximum Gasteiger partial charge on any atom is 0.0843 e. The van der Waals surface area contributed by atoms with Gasteiger partial charge in [-0.2, -0.15) is 5.26 Å². The number of hydrogen-bond donors (Lipinski definition) is 0. The lowest BCUT2D eigenvalue weighted by Crippen LogP contribution is -2.47. The zero-order valence-corrected chi connectivity index (χ0v) is 11.5. The summed E-state index contributed by atoms with van der Waals surface area (Å²) < 4.78 is 1.09. The topological polar surface area (TPSA) is 23.8 Å². The van der Waals surface area contributed by atoms with Crippen LogP contribution in [0.5, 0.6) is 0 Å². The van der Waals surface area contributed by atoms with E-state index in [1.807, 2.05) is 18.2 Å². The van der Waals surface area contributed by atoms with Gasteiger partial charge in [0.15, 0.2) is 0 Å². The first-order valence-corrected chi connectivity index (χ1v) is 7.15. The van der Waals surface area contributed by atoms with Gasteiger partial charge in [0.2, 0.25) is 0 Å². The fraction of sp³-hybridized carbons (Fsp3) is 0.533. The monoisotopic (exact) mass is 289 g/mol. The van der Waals surface area contributed by atoms with E-state index in [2.05, 4.69) is 28.1 Å². The summed E-state index contributed by atoms with van der Waals surface area (Å²) in [7, 11) is 0. The van der Waals surface area contributed by atoms with Crippen LogP contribution in [0.4, 0.5) is 0 Å². The molecular weight excluding hydrogens is 274 g/mol. The molecule has 2 heteroatoms. The Labute approximate surface area is 111 Å². The van der Waals surface area contributed by atoms with Gasteiger partial charge in [-0.15, -0.1) is 0 Å². The molecule has 1 nitrogen and oxygen atoms in total. The quantitative estimate of drug-likeness (QED) is 0.743. The molecule has 2 saturated carbocycles. The lowest BCUT2D eigenvalue weighted by atomic mass is 9.50. The first-order chi connectivity index (χ1) is 8.20. The smallest absolute Gasteiger partial charge is 0.0843 e. The van der Waals surface area contributed by atoms with E-state index in [0.717, 1.165) is 17.3 Å². The molecule has 0 N–H and O–H groups in total. The fourth-order valence-electron chi connectivity index (χ4n) is 3.89. The molecule has 3 rings (SSSR count). The molecule has 0 bridgehead atoms. The number of rotatable bonds is 1. The summed E-state index contributed by atoms with van der Waals surface area (Å²) in [5, 5.41) is 9.59. The third-order valence-corrected chi connectivity index (χ3v) is 5.31. The third-order valence-electron chi connectivity index (χ3n) is 4.62. The van der Waals surface area contributed by atoms with Gasteiger partial charge in [0, 0.05) is 4.47 Å². The molecule has 0 aromatic heterocycles. The maximum absolute atomic E-state index is 9.59. The SMILES string of the molecule is N#CC1(c2ccccc2Br)CC2(CCCC2)C1. The highest BCUT2D eigenvalue weighted by Crippen LogP contribution is 2.63. The molecule has 2 aliphatic carbocycles. The van der Waals surface area contributed by atoms with Crippen molar-refractivity contribution in [2.45, 2.75) is 43.9 Å². The van der Waals surface area contributed by atoms with Crippen molar-refractivity contribution in [3.8, 4) is 6.07 Å². The van der Waals surface area contributed by atoms with Gasteiger partial charge in [-0.25, -0.2) is 0 Å². The van der Waals surface area contributed by atoms with Crippen LogP contribution in [0.2, 0.25) is 0 Å². The Morgan fingerprint density at radius 1 is 1.12 bits per heavy atom. The largest absolute Gasteiger partial charge is 0.197 e. The Balaban J connectivity index is 1.92. The van der Waals surface area contributed by atoms with E-state index < -0.39 is 0 Å². The van der Waals surface area contributed by atoms with Crippen LogP contribution in [0.15, 0.2) is 28.7 Å². The molecule has 0 atom stereocenters. The highest BCUT2D eigenvalue weighted by atomic mass is 79.9. The number of nitrogens with zero attached hydrogens (tertiary/aromatic N) is 1. The van der Waals surface area contributed by atoms with Crippen LogP contribution in [0.3, 0.4) is 0 Å². The zero-order valence-electron chi connectivity index (χ0n) is 9.88. The molecule has 0 saturated heterocycles. The van der Waals surface area contributed by atoms with Crippen LogP contribution in [0, 0.1) is 16.7 Å². The van der Waals surface area contributed by atoms with E-state index in [1.165, 1.54) is 31.2 Å². The highest BCUT2D eigenvalue weighted by Gasteiger charge is 2.56. The van der Waals surface area contributed by atoms with Gasteiger partial charge in [-0.1, -0.05) is 47.0 Å². The van der Waals surface area contributed by atoms with Gasteiger partial charge in [0.25, 0.3) is 0 Å². The number of halogens is 1. The Morgan fingerprint density at radius 2 is 1.76 bits per heavy atom. The first kappa shape index (κ1) is 11.3. The highest BCUT2D eigenvalue weighted by molar-refractivity contribution is 9.10. The van der Waals surface area contributed by atoms with Crippen molar-refractivity contribution in [2.24, 2.45) is 5.41 Å².